The van der Waals surface area contributed by atoms with Gasteiger partial charge in [0.05, 0.1) is 22.2 Å². The van der Waals surface area contributed by atoms with E-state index in [1.165, 1.54) is 0 Å². The zero-order chi connectivity index (χ0) is 18.3. The molecule has 0 aromatic heterocycles. The van der Waals surface area contributed by atoms with E-state index in [-0.39, 0.29) is 13.2 Å². The Balaban J connectivity index is 3.16. The van der Waals surface area contributed by atoms with Crippen molar-refractivity contribution in [1.29, 1.82) is 0 Å². The van der Waals surface area contributed by atoms with Gasteiger partial charge in [-0.1, -0.05) is 26.7 Å². The van der Waals surface area contributed by atoms with Gasteiger partial charge in [0.25, 0.3) is 0 Å². The first kappa shape index (κ1) is 21.0. The van der Waals surface area contributed by atoms with Gasteiger partial charge in [-0.3, -0.25) is 0 Å². The molecule has 1 rings (SSSR count). The van der Waals surface area contributed by atoms with E-state index >= 15 is 0 Å². The van der Waals surface area contributed by atoms with Crippen molar-refractivity contribution in [2.75, 3.05) is 13.2 Å². The average Bonchev–Trinajstić information content (AvgIpc) is 2.54. The summed E-state index contributed by atoms with van der Waals surface area (Å²) in [4.78, 5) is 23.9. The number of hydrogen-bond donors (Lipinski definition) is 0. The quantitative estimate of drug-likeness (QED) is 0.289. The van der Waals surface area contributed by atoms with Gasteiger partial charge < -0.3 is 9.47 Å². The van der Waals surface area contributed by atoms with Crippen LogP contribution in [0.15, 0.2) is 8.95 Å². The second kappa shape index (κ2) is 10.1. The van der Waals surface area contributed by atoms with Crippen LogP contribution in [0.2, 0.25) is 0 Å². The zero-order valence-corrected chi connectivity index (χ0v) is 16.6. The molecule has 0 heterocycles. The number of benzene rings is 1. The summed E-state index contributed by atoms with van der Waals surface area (Å²) in [6.45, 7) is 4.00. The van der Waals surface area contributed by atoms with Crippen molar-refractivity contribution >= 4 is 43.8 Å². The summed E-state index contributed by atoms with van der Waals surface area (Å²) in [6.07, 6.45) is 2.79. The largest absolute Gasteiger partial charge is 0.462 e. The van der Waals surface area contributed by atoms with Crippen LogP contribution in [0.4, 0.5) is 8.78 Å². The molecular formula is C16H18Br2F2O4. The molecular weight excluding hydrogens is 454 g/mol. The molecule has 1 aromatic rings. The van der Waals surface area contributed by atoms with Crippen molar-refractivity contribution in [2.45, 2.75) is 39.5 Å². The maximum atomic E-state index is 14.5. The van der Waals surface area contributed by atoms with Crippen LogP contribution in [0.25, 0.3) is 0 Å². The van der Waals surface area contributed by atoms with Gasteiger partial charge in [-0.05, 0) is 44.7 Å². The van der Waals surface area contributed by atoms with Crippen molar-refractivity contribution in [2.24, 2.45) is 0 Å². The molecule has 0 radical (unpaired) electrons. The van der Waals surface area contributed by atoms with Gasteiger partial charge in [0, 0.05) is 0 Å². The van der Waals surface area contributed by atoms with Gasteiger partial charge in [0.15, 0.2) is 11.6 Å². The van der Waals surface area contributed by atoms with Gasteiger partial charge in [0.2, 0.25) is 0 Å². The number of carbonyl (C=O) groups is 2. The fraction of sp³-hybridized carbons (Fsp3) is 0.500. The summed E-state index contributed by atoms with van der Waals surface area (Å²) in [6, 6.07) is 0. The Morgan fingerprint density at radius 2 is 1.17 bits per heavy atom. The fourth-order valence-corrected chi connectivity index (χ4v) is 2.82. The van der Waals surface area contributed by atoms with Crippen LogP contribution in [-0.4, -0.2) is 25.2 Å². The molecule has 0 saturated heterocycles. The van der Waals surface area contributed by atoms with Crippen LogP contribution in [-0.2, 0) is 9.47 Å². The molecule has 24 heavy (non-hydrogen) atoms. The summed E-state index contributed by atoms with van der Waals surface area (Å²) in [5, 5.41) is 0. The smallest absolute Gasteiger partial charge is 0.342 e. The highest BCUT2D eigenvalue weighted by Gasteiger charge is 2.31. The molecule has 0 fully saturated rings. The number of esters is 2. The summed E-state index contributed by atoms with van der Waals surface area (Å²) in [5.41, 5.74) is -1.19. The first-order valence-corrected chi connectivity index (χ1v) is 9.15. The molecule has 134 valence electrons. The Kier molecular flexibility index (Phi) is 8.83. The maximum Gasteiger partial charge on any atom is 0.342 e. The van der Waals surface area contributed by atoms with E-state index in [2.05, 4.69) is 31.9 Å². The molecule has 0 aliphatic rings. The SMILES string of the molecule is CCCCOC(=O)c1c(F)c(Br)c(C(=O)OCCCC)c(F)c1Br. The highest BCUT2D eigenvalue weighted by molar-refractivity contribution is 9.11. The van der Waals surface area contributed by atoms with Gasteiger partial charge >= 0.3 is 11.9 Å². The van der Waals surface area contributed by atoms with Gasteiger partial charge in [0.1, 0.15) is 11.1 Å². The lowest BCUT2D eigenvalue weighted by Crippen LogP contribution is -2.16. The highest BCUT2D eigenvalue weighted by Crippen LogP contribution is 2.34. The van der Waals surface area contributed by atoms with Crippen molar-refractivity contribution in [1.82, 2.24) is 0 Å². The molecule has 8 heteroatoms. The minimum absolute atomic E-state index is 0.0985. The topological polar surface area (TPSA) is 52.6 Å². The molecule has 0 unspecified atom stereocenters. The summed E-state index contributed by atoms with van der Waals surface area (Å²) in [5.74, 6) is -4.16. The number of rotatable bonds is 8. The lowest BCUT2D eigenvalue weighted by molar-refractivity contribution is 0.0473. The number of ether oxygens (including phenoxy) is 2. The Hall–Kier alpha value is -1.02. The van der Waals surface area contributed by atoms with Crippen molar-refractivity contribution in [3.63, 3.8) is 0 Å². The van der Waals surface area contributed by atoms with Crippen molar-refractivity contribution in [3.05, 3.63) is 31.7 Å². The van der Waals surface area contributed by atoms with Crippen LogP contribution in [0.1, 0.15) is 60.2 Å². The number of carbonyl (C=O) groups excluding carboxylic acids is 2. The van der Waals surface area contributed by atoms with Crippen molar-refractivity contribution in [3.8, 4) is 0 Å². The van der Waals surface area contributed by atoms with E-state index in [1.54, 1.807) is 0 Å². The van der Waals surface area contributed by atoms with Crippen molar-refractivity contribution < 1.29 is 27.8 Å². The van der Waals surface area contributed by atoms with E-state index in [0.29, 0.717) is 12.8 Å². The Morgan fingerprint density at radius 3 is 1.46 bits per heavy atom. The number of unbranched alkanes of at least 4 members (excludes halogenated alkanes) is 2. The normalized spacial score (nSPS) is 10.6. The average molecular weight is 472 g/mol. The Bertz CT molecular complexity index is 539. The molecule has 0 aliphatic heterocycles. The molecule has 4 nitrogen and oxygen atoms in total. The minimum atomic E-state index is -1.08. The molecule has 0 spiro atoms. The van der Waals surface area contributed by atoms with Crippen LogP contribution >= 0.6 is 31.9 Å². The zero-order valence-electron chi connectivity index (χ0n) is 13.4. The third kappa shape index (κ3) is 4.99. The van der Waals surface area contributed by atoms with Crippen LogP contribution < -0.4 is 0 Å². The molecule has 0 amide bonds. The summed E-state index contributed by atoms with van der Waals surface area (Å²) >= 11 is 5.66. The second-order valence-corrected chi connectivity index (χ2v) is 6.57. The van der Waals surface area contributed by atoms with E-state index in [1.807, 2.05) is 13.8 Å². The predicted molar refractivity (Wildman–Crippen MR) is 92.1 cm³/mol. The highest BCUT2D eigenvalue weighted by atomic mass is 79.9. The summed E-state index contributed by atoms with van der Waals surface area (Å²) < 4.78 is 37.8. The van der Waals surface area contributed by atoms with Crippen LogP contribution in [0.3, 0.4) is 0 Å². The van der Waals surface area contributed by atoms with Crippen LogP contribution in [0.5, 0.6) is 0 Å². The molecule has 0 bridgehead atoms. The van der Waals surface area contributed by atoms with Crippen LogP contribution in [0, 0.1) is 11.6 Å². The van der Waals surface area contributed by atoms with Gasteiger partial charge in [-0.15, -0.1) is 0 Å². The number of halogens is 4. The van der Waals surface area contributed by atoms with E-state index < -0.39 is 43.6 Å². The van der Waals surface area contributed by atoms with E-state index in [0.717, 1.165) is 12.8 Å². The lowest BCUT2D eigenvalue weighted by Gasteiger charge is -2.13. The third-order valence-electron chi connectivity index (χ3n) is 3.13. The fourth-order valence-electron chi connectivity index (χ4n) is 1.75. The lowest BCUT2D eigenvalue weighted by atomic mass is 10.1. The maximum absolute atomic E-state index is 14.5. The molecule has 0 saturated carbocycles. The Morgan fingerprint density at radius 1 is 0.833 bits per heavy atom. The van der Waals surface area contributed by atoms with Gasteiger partial charge in [-0.25, -0.2) is 18.4 Å². The monoisotopic (exact) mass is 470 g/mol. The first-order valence-electron chi connectivity index (χ1n) is 7.56. The number of hydrogen-bond acceptors (Lipinski definition) is 4. The minimum Gasteiger partial charge on any atom is -0.462 e. The van der Waals surface area contributed by atoms with E-state index in [4.69, 9.17) is 9.47 Å². The molecule has 1 aromatic carbocycles. The molecule has 0 N–H and O–H groups in total. The first-order chi connectivity index (χ1) is 11.4. The predicted octanol–water partition coefficient (Wildman–Crippen LogP) is 5.40. The second-order valence-electron chi connectivity index (χ2n) is 4.98. The Labute approximate surface area is 156 Å². The molecule has 0 aliphatic carbocycles. The van der Waals surface area contributed by atoms with E-state index in [9.17, 15) is 18.4 Å². The third-order valence-corrected chi connectivity index (χ3v) is 4.62. The molecule has 0 atom stereocenters. The standard InChI is InChI=1S/C16H18Br2F2O4/c1-3-5-7-23-15(21)9-11(17)14(20)10(12(18)13(9)19)16(22)24-8-6-4-2/h3-8H2,1-2H3. The summed E-state index contributed by atoms with van der Waals surface area (Å²) in [7, 11) is 0. The van der Waals surface area contributed by atoms with Gasteiger partial charge in [-0.2, -0.15) is 0 Å².